The van der Waals surface area contributed by atoms with Crippen LogP contribution in [0.3, 0.4) is 0 Å². The molecule has 0 radical (unpaired) electrons. The summed E-state index contributed by atoms with van der Waals surface area (Å²) >= 11 is 3.43. The summed E-state index contributed by atoms with van der Waals surface area (Å²) in [5.74, 6) is 0.592. The number of hydrogen-bond donors (Lipinski definition) is 0. The Morgan fingerprint density at radius 3 is 2.19 bits per heavy atom. The third-order valence-electron chi connectivity index (χ3n) is 2.60. The summed E-state index contributed by atoms with van der Waals surface area (Å²) in [5, 5.41) is 0.956. The standard InChI is InChI=1S/C11H24BrNO2S/c1-3-5-8-13(10-7-12)9-6-11-16(14,15)4-2/h3-11H2,1-2H3. The van der Waals surface area contributed by atoms with E-state index in [1.54, 1.807) is 6.92 Å². The number of sulfone groups is 1. The molecular formula is C11H24BrNO2S. The maximum atomic E-state index is 11.3. The van der Waals surface area contributed by atoms with Crippen LogP contribution in [0.5, 0.6) is 0 Å². The largest absolute Gasteiger partial charge is 0.302 e. The molecule has 0 atom stereocenters. The van der Waals surface area contributed by atoms with Crippen LogP contribution < -0.4 is 0 Å². The zero-order valence-corrected chi connectivity index (χ0v) is 12.8. The lowest BCUT2D eigenvalue weighted by atomic mass is 10.3. The Labute approximate surface area is 109 Å². The minimum absolute atomic E-state index is 0.264. The van der Waals surface area contributed by atoms with Crippen molar-refractivity contribution in [1.82, 2.24) is 4.90 Å². The van der Waals surface area contributed by atoms with E-state index in [-0.39, 0.29) is 5.75 Å². The van der Waals surface area contributed by atoms with Crippen LogP contribution in [0.4, 0.5) is 0 Å². The number of alkyl halides is 1. The van der Waals surface area contributed by atoms with E-state index < -0.39 is 9.84 Å². The zero-order valence-electron chi connectivity index (χ0n) is 10.4. The molecule has 0 aliphatic heterocycles. The van der Waals surface area contributed by atoms with Gasteiger partial charge in [0.25, 0.3) is 0 Å². The first kappa shape index (κ1) is 16.4. The van der Waals surface area contributed by atoms with Crippen molar-refractivity contribution in [2.75, 3.05) is 36.5 Å². The molecule has 0 aliphatic carbocycles. The summed E-state index contributed by atoms with van der Waals surface area (Å²) < 4.78 is 22.6. The second-order valence-electron chi connectivity index (χ2n) is 3.97. The highest BCUT2D eigenvalue weighted by Gasteiger charge is 2.09. The van der Waals surface area contributed by atoms with Gasteiger partial charge in [0.05, 0.1) is 5.75 Å². The monoisotopic (exact) mass is 313 g/mol. The number of hydrogen-bond acceptors (Lipinski definition) is 3. The van der Waals surface area contributed by atoms with Crippen molar-refractivity contribution in [3.05, 3.63) is 0 Å². The van der Waals surface area contributed by atoms with Crippen LogP contribution in [0.15, 0.2) is 0 Å². The third-order valence-corrected chi connectivity index (χ3v) is 4.74. The molecule has 0 saturated heterocycles. The van der Waals surface area contributed by atoms with Gasteiger partial charge in [-0.3, -0.25) is 0 Å². The molecule has 0 bridgehead atoms. The number of unbranched alkanes of at least 4 members (excludes halogenated alkanes) is 1. The van der Waals surface area contributed by atoms with E-state index in [9.17, 15) is 8.42 Å². The molecule has 0 N–H and O–H groups in total. The minimum Gasteiger partial charge on any atom is -0.302 e. The van der Waals surface area contributed by atoms with Crippen LogP contribution in [0, 0.1) is 0 Å². The Balaban J connectivity index is 3.83. The van der Waals surface area contributed by atoms with E-state index in [1.807, 2.05) is 0 Å². The van der Waals surface area contributed by atoms with Crippen LogP contribution in [0.1, 0.15) is 33.1 Å². The van der Waals surface area contributed by atoms with E-state index in [1.165, 1.54) is 12.8 Å². The molecule has 0 heterocycles. The predicted octanol–water partition coefficient (Wildman–Crippen LogP) is 2.31. The van der Waals surface area contributed by atoms with E-state index in [0.29, 0.717) is 5.75 Å². The highest BCUT2D eigenvalue weighted by Crippen LogP contribution is 2.01. The Kier molecular flexibility index (Phi) is 9.65. The second-order valence-corrected chi connectivity index (χ2v) is 7.24. The summed E-state index contributed by atoms with van der Waals surface area (Å²) in [6.45, 7) is 6.86. The maximum absolute atomic E-state index is 11.3. The molecule has 5 heteroatoms. The van der Waals surface area contributed by atoms with Crippen molar-refractivity contribution in [2.24, 2.45) is 0 Å². The summed E-state index contributed by atoms with van der Waals surface area (Å²) in [5.41, 5.74) is 0. The molecule has 0 aromatic rings. The molecule has 0 amide bonds. The van der Waals surface area contributed by atoms with Crippen LogP contribution in [-0.4, -0.2) is 49.8 Å². The molecule has 98 valence electrons. The summed E-state index contributed by atoms with van der Waals surface area (Å²) in [4.78, 5) is 2.34. The van der Waals surface area contributed by atoms with Gasteiger partial charge in [0.15, 0.2) is 0 Å². The Hall–Kier alpha value is 0.390. The molecule has 0 fully saturated rings. The van der Waals surface area contributed by atoms with Crippen molar-refractivity contribution < 1.29 is 8.42 Å². The predicted molar refractivity (Wildman–Crippen MR) is 74.1 cm³/mol. The summed E-state index contributed by atoms with van der Waals surface area (Å²) in [6, 6.07) is 0. The Bertz CT molecular complexity index is 255. The lowest BCUT2D eigenvalue weighted by molar-refractivity contribution is 0.287. The quantitative estimate of drug-likeness (QED) is 0.581. The zero-order chi connectivity index (χ0) is 12.4. The molecule has 0 rings (SSSR count). The summed E-state index contributed by atoms with van der Waals surface area (Å²) in [6.07, 6.45) is 3.13. The molecule has 0 spiro atoms. The Morgan fingerprint density at radius 1 is 1.06 bits per heavy atom. The minimum atomic E-state index is -2.79. The van der Waals surface area contributed by atoms with Crippen LogP contribution in [0.25, 0.3) is 0 Å². The van der Waals surface area contributed by atoms with Crippen molar-refractivity contribution in [1.29, 1.82) is 0 Å². The van der Waals surface area contributed by atoms with E-state index in [2.05, 4.69) is 27.8 Å². The first-order valence-electron chi connectivity index (χ1n) is 6.04. The Morgan fingerprint density at radius 2 is 1.69 bits per heavy atom. The lowest BCUT2D eigenvalue weighted by Gasteiger charge is -2.20. The fraction of sp³-hybridized carbons (Fsp3) is 1.00. The first-order chi connectivity index (χ1) is 7.55. The van der Waals surface area contributed by atoms with Gasteiger partial charge < -0.3 is 4.90 Å². The van der Waals surface area contributed by atoms with Gasteiger partial charge in [-0.15, -0.1) is 0 Å². The van der Waals surface area contributed by atoms with Crippen LogP contribution in [-0.2, 0) is 9.84 Å². The number of halogens is 1. The highest BCUT2D eigenvalue weighted by molar-refractivity contribution is 9.09. The van der Waals surface area contributed by atoms with E-state index >= 15 is 0 Å². The number of rotatable bonds is 10. The van der Waals surface area contributed by atoms with Crippen molar-refractivity contribution in [3.63, 3.8) is 0 Å². The average molecular weight is 314 g/mol. The van der Waals surface area contributed by atoms with Gasteiger partial charge >= 0.3 is 0 Å². The topological polar surface area (TPSA) is 37.4 Å². The van der Waals surface area contributed by atoms with Crippen LogP contribution >= 0.6 is 15.9 Å². The van der Waals surface area contributed by atoms with E-state index in [4.69, 9.17) is 0 Å². The van der Waals surface area contributed by atoms with E-state index in [0.717, 1.165) is 31.4 Å². The molecule has 0 unspecified atom stereocenters. The maximum Gasteiger partial charge on any atom is 0.150 e. The van der Waals surface area contributed by atoms with Gasteiger partial charge in [0, 0.05) is 17.6 Å². The number of nitrogens with zero attached hydrogens (tertiary/aromatic N) is 1. The molecule has 0 saturated carbocycles. The first-order valence-corrected chi connectivity index (χ1v) is 8.98. The van der Waals surface area contributed by atoms with Crippen LogP contribution in [0.2, 0.25) is 0 Å². The molecule has 16 heavy (non-hydrogen) atoms. The lowest BCUT2D eigenvalue weighted by Crippen LogP contribution is -2.29. The van der Waals surface area contributed by atoms with Crippen molar-refractivity contribution in [3.8, 4) is 0 Å². The average Bonchev–Trinajstić information content (AvgIpc) is 2.25. The fourth-order valence-electron chi connectivity index (χ4n) is 1.49. The smallest absolute Gasteiger partial charge is 0.150 e. The van der Waals surface area contributed by atoms with Gasteiger partial charge in [0.1, 0.15) is 9.84 Å². The molecule has 0 aliphatic rings. The SMILES string of the molecule is CCCCN(CCBr)CCCS(=O)(=O)CC. The van der Waals surface area contributed by atoms with Gasteiger partial charge in [-0.2, -0.15) is 0 Å². The molecule has 3 nitrogen and oxygen atoms in total. The van der Waals surface area contributed by atoms with Gasteiger partial charge in [-0.25, -0.2) is 8.42 Å². The molecule has 0 aromatic carbocycles. The van der Waals surface area contributed by atoms with Crippen molar-refractivity contribution >= 4 is 25.8 Å². The fourth-order valence-corrected chi connectivity index (χ4v) is 2.85. The second kappa shape index (κ2) is 9.42. The summed E-state index contributed by atoms with van der Waals surface area (Å²) in [7, 11) is -2.79. The highest BCUT2D eigenvalue weighted by atomic mass is 79.9. The third kappa shape index (κ3) is 8.53. The van der Waals surface area contributed by atoms with Crippen molar-refractivity contribution in [2.45, 2.75) is 33.1 Å². The van der Waals surface area contributed by atoms with Gasteiger partial charge in [-0.1, -0.05) is 36.2 Å². The molecule has 0 aromatic heterocycles. The van der Waals surface area contributed by atoms with Gasteiger partial charge in [0.2, 0.25) is 0 Å². The molecular weight excluding hydrogens is 290 g/mol. The normalized spacial score (nSPS) is 12.2. The van der Waals surface area contributed by atoms with Gasteiger partial charge in [-0.05, 0) is 25.9 Å².